The molecule has 8 nitrogen and oxygen atoms in total. The highest BCUT2D eigenvalue weighted by molar-refractivity contribution is 6.05. The highest BCUT2D eigenvalue weighted by Crippen LogP contribution is 2.55. The topological polar surface area (TPSA) is 115 Å². The van der Waals surface area contributed by atoms with Crippen molar-refractivity contribution in [3.8, 4) is 11.3 Å². The monoisotopic (exact) mass is 734 g/mol. The van der Waals surface area contributed by atoms with E-state index >= 15 is 0 Å². The Labute approximate surface area is 317 Å². The summed E-state index contributed by atoms with van der Waals surface area (Å²) in [5, 5.41) is 26.4. The van der Waals surface area contributed by atoms with E-state index in [-0.39, 0.29) is 41.7 Å². The predicted molar refractivity (Wildman–Crippen MR) is 211 cm³/mol. The molecule has 8 heteroatoms. The van der Waals surface area contributed by atoms with Gasteiger partial charge in [0.15, 0.2) is 5.43 Å². The van der Waals surface area contributed by atoms with Crippen molar-refractivity contribution in [1.82, 2.24) is 0 Å². The summed E-state index contributed by atoms with van der Waals surface area (Å²) in [6.45, 7) is 8.92. The minimum Gasteiger partial charge on any atom is -0.465 e. The van der Waals surface area contributed by atoms with Crippen LogP contribution in [0.3, 0.4) is 0 Å². The first-order chi connectivity index (χ1) is 26.0. The van der Waals surface area contributed by atoms with Crippen LogP contribution in [0.2, 0.25) is 0 Å². The second-order valence-corrected chi connectivity index (χ2v) is 16.1. The lowest BCUT2D eigenvalue weighted by molar-refractivity contribution is -0.141. The zero-order chi connectivity index (χ0) is 38.1. The van der Waals surface area contributed by atoms with Crippen LogP contribution >= 0.6 is 0 Å². The Morgan fingerprint density at radius 3 is 2.57 bits per heavy atom. The summed E-state index contributed by atoms with van der Waals surface area (Å²) in [4.78, 5) is 24.9. The molecular formula is C46H54O8. The molecule has 286 valence electrons. The van der Waals surface area contributed by atoms with Crippen molar-refractivity contribution in [3.05, 3.63) is 105 Å². The Bertz CT molecular complexity index is 2110. The fourth-order valence-corrected chi connectivity index (χ4v) is 9.48. The first-order valence-electron chi connectivity index (χ1n) is 19.6. The standard InChI is InChI=1S/C46H54O8/c1-27(25-53-29(3)47)36-22-41(49)46(4)24-37-33(26-51-5)17-19-34(37)28(2)44(50)45(43(36)46)52-21-9-8-10-30-13-15-32(16-14-30)40-23-38(48)42-35-12-7-6-11-31(35)18-20-39(42)54-40/h6-7,11-16,18,20,23-24,27-28,33-34,41,44-45,49-50H,8-10,17,19,21-22,25-26H2,1-5H3/b37-24-/t27-,28-,33-,34+,41+,44-,45-,46+/m1/s1. The number of carbonyl (C=O) groups excluding carboxylic acids is 1. The number of esters is 1. The summed E-state index contributed by atoms with van der Waals surface area (Å²) >= 11 is 0. The molecule has 0 spiro atoms. The number of aliphatic hydroxyl groups excluding tert-OH is 2. The number of carbonyl (C=O) groups is 1. The number of rotatable bonds is 12. The summed E-state index contributed by atoms with van der Waals surface area (Å²) in [6.07, 6.45) is 5.16. The number of hydrogen-bond acceptors (Lipinski definition) is 8. The molecule has 3 aromatic carbocycles. The van der Waals surface area contributed by atoms with Crippen molar-refractivity contribution in [2.45, 2.75) is 84.5 Å². The molecule has 7 rings (SSSR count). The third-order valence-electron chi connectivity index (χ3n) is 12.5. The molecule has 0 unspecified atom stereocenters. The van der Waals surface area contributed by atoms with Crippen molar-refractivity contribution < 1.29 is 33.6 Å². The molecule has 3 aliphatic carbocycles. The molecule has 0 aliphatic heterocycles. The van der Waals surface area contributed by atoms with Gasteiger partial charge in [-0.15, -0.1) is 0 Å². The molecule has 8 atom stereocenters. The van der Waals surface area contributed by atoms with Crippen LogP contribution in [0.1, 0.15) is 65.4 Å². The Morgan fingerprint density at radius 2 is 1.81 bits per heavy atom. The van der Waals surface area contributed by atoms with E-state index in [4.69, 9.17) is 18.6 Å². The minimum atomic E-state index is -0.767. The average molecular weight is 735 g/mol. The largest absolute Gasteiger partial charge is 0.465 e. The molecule has 54 heavy (non-hydrogen) atoms. The number of aliphatic hydroxyl groups is 2. The Kier molecular flexibility index (Phi) is 11.3. The number of ether oxygens (including phenoxy) is 3. The van der Waals surface area contributed by atoms with Crippen molar-refractivity contribution in [3.63, 3.8) is 0 Å². The van der Waals surface area contributed by atoms with Crippen molar-refractivity contribution in [2.75, 3.05) is 26.9 Å². The summed E-state index contributed by atoms with van der Waals surface area (Å²) < 4.78 is 24.0. The second-order valence-electron chi connectivity index (χ2n) is 16.1. The van der Waals surface area contributed by atoms with Crippen LogP contribution in [-0.4, -0.2) is 61.4 Å². The van der Waals surface area contributed by atoms with Gasteiger partial charge in [0, 0.05) is 49.5 Å². The number of unbranched alkanes of at least 4 members (excludes halogenated alkanes) is 1. The van der Waals surface area contributed by atoms with Gasteiger partial charge in [-0.05, 0) is 85.3 Å². The van der Waals surface area contributed by atoms with Gasteiger partial charge in [-0.3, -0.25) is 9.59 Å². The number of fused-ring (bicyclic) bond motifs is 5. The van der Waals surface area contributed by atoms with Crippen LogP contribution in [0.5, 0.6) is 0 Å². The van der Waals surface area contributed by atoms with Crippen LogP contribution in [-0.2, 0) is 25.4 Å². The average Bonchev–Trinajstić information content (AvgIpc) is 3.67. The molecular weight excluding hydrogens is 680 g/mol. The lowest BCUT2D eigenvalue weighted by atomic mass is 9.68. The summed E-state index contributed by atoms with van der Waals surface area (Å²) in [5.74, 6) is 0.461. The molecule has 3 aliphatic rings. The van der Waals surface area contributed by atoms with Crippen LogP contribution in [0.4, 0.5) is 0 Å². The maximum Gasteiger partial charge on any atom is 0.302 e. The van der Waals surface area contributed by atoms with E-state index in [0.29, 0.717) is 36.4 Å². The molecule has 2 N–H and O–H groups in total. The predicted octanol–water partition coefficient (Wildman–Crippen LogP) is 8.20. The lowest BCUT2D eigenvalue weighted by Crippen LogP contribution is -2.46. The smallest absolute Gasteiger partial charge is 0.302 e. The zero-order valence-electron chi connectivity index (χ0n) is 32.2. The molecule has 0 saturated heterocycles. The Morgan fingerprint density at radius 1 is 1.04 bits per heavy atom. The van der Waals surface area contributed by atoms with Crippen molar-refractivity contribution in [2.24, 2.45) is 29.1 Å². The highest BCUT2D eigenvalue weighted by Gasteiger charge is 2.53. The summed E-state index contributed by atoms with van der Waals surface area (Å²) in [5.41, 5.74) is 5.04. The van der Waals surface area contributed by atoms with E-state index in [1.165, 1.54) is 18.1 Å². The first-order valence-corrected chi connectivity index (χ1v) is 19.6. The van der Waals surface area contributed by atoms with Gasteiger partial charge < -0.3 is 28.8 Å². The third kappa shape index (κ3) is 7.34. The van der Waals surface area contributed by atoms with Crippen LogP contribution in [0.25, 0.3) is 33.1 Å². The summed E-state index contributed by atoms with van der Waals surface area (Å²) in [7, 11) is 1.73. The molecule has 4 aromatic rings. The number of benzene rings is 3. The number of hydrogen-bond donors (Lipinski definition) is 2. The van der Waals surface area contributed by atoms with E-state index < -0.39 is 23.7 Å². The zero-order valence-corrected chi connectivity index (χ0v) is 32.2. The molecule has 0 radical (unpaired) electrons. The van der Waals surface area contributed by atoms with Gasteiger partial charge in [0.05, 0.1) is 30.8 Å². The van der Waals surface area contributed by atoms with Gasteiger partial charge >= 0.3 is 5.97 Å². The third-order valence-corrected chi connectivity index (χ3v) is 12.5. The fraction of sp³-hybridized carbons (Fsp3) is 0.478. The molecule has 1 heterocycles. The van der Waals surface area contributed by atoms with Gasteiger partial charge in [0.1, 0.15) is 17.4 Å². The SMILES string of the molecule is COC[C@H]1CC[C@@H]2/C1=C\[C@]1(C)C(=C([C@H](C)COC(C)=O)C[C@@H]1O)[C@@H](OCCCCc1ccc(-c3cc(=O)c4c(ccc5ccccc54)o3)cc1)[C@H](O)[C@@H]2C. The maximum atomic E-state index is 13.2. The molecule has 1 saturated carbocycles. The van der Waals surface area contributed by atoms with Crippen LogP contribution < -0.4 is 5.43 Å². The van der Waals surface area contributed by atoms with Crippen molar-refractivity contribution >= 4 is 27.7 Å². The van der Waals surface area contributed by atoms with Gasteiger partial charge in [-0.25, -0.2) is 0 Å². The van der Waals surface area contributed by atoms with Gasteiger partial charge in [-0.2, -0.15) is 0 Å². The Balaban J connectivity index is 1.06. The molecule has 0 amide bonds. The van der Waals surface area contributed by atoms with Crippen LogP contribution in [0.15, 0.2) is 98.7 Å². The fourth-order valence-electron chi connectivity index (χ4n) is 9.48. The lowest BCUT2D eigenvalue weighted by Gasteiger charge is -2.43. The minimum absolute atomic E-state index is 0.0483. The van der Waals surface area contributed by atoms with Crippen LogP contribution in [0, 0.1) is 29.1 Å². The van der Waals surface area contributed by atoms with E-state index in [9.17, 15) is 19.8 Å². The maximum absolute atomic E-state index is 13.2. The normalized spacial score (nSPS) is 28.3. The second kappa shape index (κ2) is 16.0. The highest BCUT2D eigenvalue weighted by atomic mass is 16.5. The number of methoxy groups -OCH3 is 1. The van der Waals surface area contributed by atoms with E-state index in [1.807, 2.05) is 55.5 Å². The quantitative estimate of drug-likeness (QED) is 0.0648. The van der Waals surface area contributed by atoms with Crippen molar-refractivity contribution in [1.29, 1.82) is 0 Å². The molecule has 1 aromatic heterocycles. The molecule has 1 fully saturated rings. The van der Waals surface area contributed by atoms with E-state index in [2.05, 4.69) is 32.1 Å². The van der Waals surface area contributed by atoms with Gasteiger partial charge in [0.2, 0.25) is 0 Å². The Hall–Kier alpha value is -4.08. The van der Waals surface area contributed by atoms with Gasteiger partial charge in [0.25, 0.3) is 0 Å². The first kappa shape index (κ1) is 38.2. The number of aryl methyl sites for hydroxylation is 1. The van der Waals surface area contributed by atoms with E-state index in [0.717, 1.165) is 59.6 Å². The van der Waals surface area contributed by atoms with Gasteiger partial charge in [-0.1, -0.05) is 85.7 Å². The summed E-state index contributed by atoms with van der Waals surface area (Å²) in [6, 6.07) is 21.4. The van der Waals surface area contributed by atoms with E-state index in [1.54, 1.807) is 13.2 Å². The molecule has 0 bridgehead atoms.